The molecule has 3 rings (SSSR count). The molecule has 0 aliphatic carbocycles. The molecule has 0 radical (unpaired) electrons. The third kappa shape index (κ3) is 39.5. The van der Waals surface area contributed by atoms with E-state index in [0.717, 1.165) is 4.90 Å². The third-order valence-electron chi connectivity index (χ3n) is 11.4. The average molecular weight is 1250 g/mol. The van der Waals surface area contributed by atoms with E-state index in [2.05, 4.69) is 31.6 Å². The summed E-state index contributed by atoms with van der Waals surface area (Å²) in [5, 5.41) is 22.1. The topological polar surface area (TPSA) is 405 Å². The Morgan fingerprint density at radius 1 is 0.511 bits per heavy atom. The molecule has 1 heterocycles. The first kappa shape index (κ1) is 75.0. The number of hydrogen-bond acceptors (Lipinski definition) is 22. The van der Waals surface area contributed by atoms with Gasteiger partial charge in [-0.25, -0.2) is 4.99 Å². The molecule has 1 atom stereocenters. The van der Waals surface area contributed by atoms with E-state index >= 15 is 0 Å². The highest BCUT2D eigenvalue weighted by molar-refractivity contribution is 6.13. The monoisotopic (exact) mass is 1250 g/mol. The number of nitrogens with zero attached hydrogens (tertiary/aromatic N) is 2. The second kappa shape index (κ2) is 49.7. The number of ether oxygens (including phenoxy) is 13. The summed E-state index contributed by atoms with van der Waals surface area (Å²) in [5.74, 6) is -4.51. The molecule has 10 N–H and O–H groups in total. The molecule has 0 aromatic heterocycles. The average Bonchev–Trinajstić information content (AvgIpc) is 4.07. The smallest absolute Gasteiger partial charge is 0.305 e. The number of carboxylic acid groups (broad SMARTS) is 1. The molecule has 0 fully saturated rings. The van der Waals surface area contributed by atoms with Crippen molar-refractivity contribution in [3.63, 3.8) is 0 Å². The van der Waals surface area contributed by atoms with E-state index in [9.17, 15) is 43.5 Å². The van der Waals surface area contributed by atoms with Gasteiger partial charge in [0, 0.05) is 55.9 Å². The number of benzene rings is 2. The van der Waals surface area contributed by atoms with Crippen molar-refractivity contribution in [3.05, 3.63) is 66.2 Å². The molecule has 31 nitrogen and oxygen atoms in total. The number of amides is 7. The van der Waals surface area contributed by atoms with Crippen LogP contribution in [-0.4, -0.2) is 261 Å². The summed E-state index contributed by atoms with van der Waals surface area (Å²) in [6.45, 7) is 10.2. The fourth-order valence-electron chi connectivity index (χ4n) is 7.10. The van der Waals surface area contributed by atoms with Crippen LogP contribution in [0, 0.1) is 0 Å². The number of carbonyl (C=O) groups excluding carboxylic acids is 7. The van der Waals surface area contributed by atoms with Crippen LogP contribution >= 0.6 is 0 Å². The lowest BCUT2D eigenvalue weighted by molar-refractivity contribution is -0.140. The van der Waals surface area contributed by atoms with E-state index in [4.69, 9.17) is 73.0 Å². The van der Waals surface area contributed by atoms with Crippen LogP contribution in [-0.2, 0) is 90.4 Å². The first-order valence-electron chi connectivity index (χ1n) is 28.8. The van der Waals surface area contributed by atoms with Gasteiger partial charge in [-0.1, -0.05) is 6.07 Å². The fourth-order valence-corrected chi connectivity index (χ4v) is 7.10. The number of aliphatic imine (C=N–C) groups is 1. The normalized spacial score (nSPS) is 12.2. The van der Waals surface area contributed by atoms with Gasteiger partial charge in [-0.3, -0.25) is 43.3 Å². The van der Waals surface area contributed by atoms with Crippen molar-refractivity contribution in [1.82, 2.24) is 26.2 Å². The van der Waals surface area contributed by atoms with Crippen LogP contribution in [0.1, 0.15) is 36.0 Å². The minimum atomic E-state index is -1.45. The highest BCUT2D eigenvalue weighted by Gasteiger charge is 2.25. The van der Waals surface area contributed by atoms with Crippen molar-refractivity contribution in [3.8, 4) is 5.75 Å². The van der Waals surface area contributed by atoms with Gasteiger partial charge in [0.2, 0.25) is 23.6 Å². The Bertz CT molecular complexity index is 2370. The summed E-state index contributed by atoms with van der Waals surface area (Å²) < 4.78 is 71.5. The lowest BCUT2D eigenvalue weighted by Gasteiger charge is -2.17. The SMILES string of the molecule is NC(N)=Nc1cccc(C(=O)NCC(=O)N[C@@H](CC(=O)O)C(=O)Nc2ccc(OCCCNC(=O)CCOCCOCCOCCOCCOCCOCCOCCOCCOCCOCCOCCOCCNC(=O)CCN3C(=O)C=CC3=O)cc2)c1. The van der Waals surface area contributed by atoms with E-state index in [0.29, 0.717) is 195 Å². The maximum absolute atomic E-state index is 12.9. The van der Waals surface area contributed by atoms with Crippen molar-refractivity contribution in [1.29, 1.82) is 0 Å². The zero-order chi connectivity index (χ0) is 63.5. The Labute approximate surface area is 511 Å². The van der Waals surface area contributed by atoms with E-state index in [-0.39, 0.29) is 49.3 Å². The number of nitrogens with one attached hydrogen (secondary N) is 5. The molecule has 0 bridgehead atoms. The lowest BCUT2D eigenvalue weighted by atomic mass is 10.1. The van der Waals surface area contributed by atoms with Crippen LogP contribution in [0.4, 0.5) is 11.4 Å². The predicted molar refractivity (Wildman–Crippen MR) is 315 cm³/mol. The van der Waals surface area contributed by atoms with E-state index in [1.54, 1.807) is 36.4 Å². The summed E-state index contributed by atoms with van der Waals surface area (Å²) in [5.41, 5.74) is 11.6. The summed E-state index contributed by atoms with van der Waals surface area (Å²) >= 11 is 0. The molecule has 0 saturated carbocycles. The van der Waals surface area contributed by atoms with Crippen LogP contribution in [0.25, 0.3) is 0 Å². The molecule has 2 aromatic carbocycles. The second-order valence-corrected chi connectivity index (χ2v) is 18.4. The van der Waals surface area contributed by atoms with Crippen LogP contribution in [0.15, 0.2) is 65.7 Å². The summed E-state index contributed by atoms with van der Waals surface area (Å²) in [6.07, 6.45) is 2.39. The van der Waals surface area contributed by atoms with Crippen molar-refractivity contribution >= 4 is 64.7 Å². The Balaban J connectivity index is 0.976. The number of guanidine groups is 1. The van der Waals surface area contributed by atoms with Gasteiger partial charge >= 0.3 is 5.97 Å². The first-order valence-corrected chi connectivity index (χ1v) is 28.8. The zero-order valence-corrected chi connectivity index (χ0v) is 49.8. The Hall–Kier alpha value is -7.27. The van der Waals surface area contributed by atoms with E-state index < -0.39 is 54.5 Å². The fraction of sp³-hybridized carbons (Fsp3) is 0.596. The van der Waals surface area contributed by atoms with Gasteiger partial charge in [0.15, 0.2) is 5.96 Å². The van der Waals surface area contributed by atoms with Gasteiger partial charge in [-0.05, 0) is 48.9 Å². The van der Waals surface area contributed by atoms with Gasteiger partial charge in [0.25, 0.3) is 17.7 Å². The molecular weight excluding hydrogens is 1160 g/mol. The minimum absolute atomic E-state index is 0.0358. The largest absolute Gasteiger partial charge is 0.494 e. The summed E-state index contributed by atoms with van der Waals surface area (Å²) in [6, 6.07) is 10.8. The number of carboxylic acids is 1. The standard InChI is InChI=1S/C57H87N9O22/c58-57(59)64-46-4-1-3-44(41-46)55(74)62-43-51(69)65-48(42-54(72)73)56(75)63-45-5-7-47(8-6-45)88-16-2-13-60-50(68)12-17-76-19-21-78-23-25-80-27-29-82-31-33-84-35-37-86-39-40-87-38-36-85-34-32-83-30-28-81-26-24-79-22-20-77-18-14-61-49(67)11-15-66-52(70)9-10-53(66)71/h1,3-10,41,48H,2,11-40,42-43H2,(H,60,68)(H,61,67)(H,62,74)(H,63,75)(H,65,69)(H,72,73)(H4,58,59,64)/t48-/m0/s1. The van der Waals surface area contributed by atoms with Gasteiger partial charge < -0.3 is 105 Å². The molecule has 2 aromatic rings. The molecule has 492 valence electrons. The number of aliphatic carboxylic acids is 1. The number of carbonyl (C=O) groups is 8. The summed E-state index contributed by atoms with van der Waals surface area (Å²) in [4.78, 5) is 101. The van der Waals surface area contributed by atoms with Crippen molar-refractivity contribution in [2.45, 2.75) is 31.7 Å². The molecule has 31 heteroatoms. The number of imide groups is 1. The highest BCUT2D eigenvalue weighted by Crippen LogP contribution is 2.17. The van der Waals surface area contributed by atoms with E-state index in [1.165, 1.54) is 24.3 Å². The number of nitrogens with two attached hydrogens (primary N) is 2. The molecule has 0 saturated heterocycles. The van der Waals surface area contributed by atoms with Crippen LogP contribution in [0.2, 0.25) is 0 Å². The van der Waals surface area contributed by atoms with E-state index in [1.807, 2.05) is 0 Å². The first-order chi connectivity index (χ1) is 42.8. The molecule has 1 aliphatic rings. The zero-order valence-electron chi connectivity index (χ0n) is 49.8. The highest BCUT2D eigenvalue weighted by atomic mass is 16.6. The Morgan fingerprint density at radius 3 is 1.42 bits per heavy atom. The maximum atomic E-state index is 12.9. The maximum Gasteiger partial charge on any atom is 0.305 e. The Kier molecular flexibility index (Phi) is 42.3. The minimum Gasteiger partial charge on any atom is -0.494 e. The van der Waals surface area contributed by atoms with Crippen molar-refractivity contribution in [2.24, 2.45) is 16.5 Å². The van der Waals surface area contributed by atoms with Gasteiger partial charge in [-0.15, -0.1) is 0 Å². The molecule has 88 heavy (non-hydrogen) atoms. The van der Waals surface area contributed by atoms with Crippen LogP contribution in [0.5, 0.6) is 5.75 Å². The summed E-state index contributed by atoms with van der Waals surface area (Å²) in [7, 11) is 0. The van der Waals surface area contributed by atoms with Gasteiger partial charge in [0.1, 0.15) is 11.8 Å². The molecule has 0 unspecified atom stereocenters. The molecule has 7 amide bonds. The van der Waals surface area contributed by atoms with Gasteiger partial charge in [-0.2, -0.15) is 0 Å². The van der Waals surface area contributed by atoms with Crippen LogP contribution < -0.4 is 42.8 Å². The third-order valence-corrected chi connectivity index (χ3v) is 11.4. The van der Waals surface area contributed by atoms with Crippen molar-refractivity contribution in [2.75, 3.05) is 197 Å². The molecule has 1 aliphatic heterocycles. The number of hydrogen-bond donors (Lipinski definition) is 8. The molecule has 0 spiro atoms. The molecular formula is C57H87N9O22. The quantitative estimate of drug-likeness (QED) is 0.0167. The Morgan fingerprint density at radius 2 is 0.955 bits per heavy atom. The lowest BCUT2D eigenvalue weighted by Crippen LogP contribution is -2.48. The second-order valence-electron chi connectivity index (χ2n) is 18.4. The van der Waals surface area contributed by atoms with Crippen LogP contribution in [0.3, 0.4) is 0 Å². The van der Waals surface area contributed by atoms with Gasteiger partial charge in [0.05, 0.1) is 184 Å². The van der Waals surface area contributed by atoms with Crippen molar-refractivity contribution < 1.29 is 105 Å². The number of anilines is 1. The predicted octanol–water partition coefficient (Wildman–Crippen LogP) is -1.17. The number of rotatable bonds is 56.